The van der Waals surface area contributed by atoms with Gasteiger partial charge in [0, 0.05) is 49.9 Å². The molecule has 1 aliphatic carbocycles. The van der Waals surface area contributed by atoms with E-state index in [0.29, 0.717) is 35.0 Å². The Bertz CT molecular complexity index is 1200. The zero-order valence-electron chi connectivity index (χ0n) is 21.5. The van der Waals surface area contributed by atoms with Crippen molar-refractivity contribution in [2.75, 3.05) is 25.6 Å². The topological polar surface area (TPSA) is 90.9 Å². The molecule has 190 valence electrons. The lowest BCUT2D eigenvalue weighted by Crippen LogP contribution is -2.21. The van der Waals surface area contributed by atoms with Crippen molar-refractivity contribution in [3.05, 3.63) is 65.1 Å². The summed E-state index contributed by atoms with van der Waals surface area (Å²) in [6, 6.07) is 7.61. The minimum atomic E-state index is -0.256. The van der Waals surface area contributed by atoms with E-state index in [9.17, 15) is 4.79 Å². The van der Waals surface area contributed by atoms with Gasteiger partial charge in [-0.1, -0.05) is 24.6 Å². The van der Waals surface area contributed by atoms with Gasteiger partial charge in [-0.3, -0.25) is 4.79 Å². The maximum absolute atomic E-state index is 13.8. The van der Waals surface area contributed by atoms with Gasteiger partial charge in [-0.25, -0.2) is 4.99 Å². The third-order valence-electron chi connectivity index (χ3n) is 7.10. The van der Waals surface area contributed by atoms with Crippen molar-refractivity contribution < 1.29 is 14.3 Å². The van der Waals surface area contributed by atoms with E-state index < -0.39 is 0 Å². The molecule has 2 aromatic rings. The third kappa shape index (κ3) is 5.56. The van der Waals surface area contributed by atoms with Crippen LogP contribution in [0.15, 0.2) is 42.0 Å². The van der Waals surface area contributed by atoms with Crippen LogP contribution in [-0.2, 0) is 21.6 Å². The molecule has 1 saturated carbocycles. The van der Waals surface area contributed by atoms with Crippen molar-refractivity contribution in [1.29, 1.82) is 0 Å². The molecule has 0 bridgehead atoms. The summed E-state index contributed by atoms with van der Waals surface area (Å²) in [4.78, 5) is 18.0. The smallest absolute Gasteiger partial charge is 0.259 e. The van der Waals surface area contributed by atoms with Crippen LogP contribution in [-0.4, -0.2) is 36.6 Å². The Labute approximate surface area is 213 Å². The first-order chi connectivity index (χ1) is 17.4. The highest BCUT2D eigenvalue weighted by Crippen LogP contribution is 2.46. The van der Waals surface area contributed by atoms with Crippen molar-refractivity contribution in [2.24, 2.45) is 16.6 Å². The number of carbonyl (C=O) groups is 1. The number of nitrogens with two attached hydrogens (primary N) is 1. The molecule has 36 heavy (non-hydrogen) atoms. The zero-order valence-corrected chi connectivity index (χ0v) is 21.5. The molecule has 2 aliphatic rings. The SMILES string of the molecule is C=CN=C(N)c1c(C(=O)Nc2ccc(COC)cc2)c(C#CCC2CCOCC2)n(C2(C)CC2)c1C. The number of anilines is 1. The Hall–Kier alpha value is -3.34. The summed E-state index contributed by atoms with van der Waals surface area (Å²) in [5.74, 6) is 7.29. The molecule has 2 fully saturated rings. The van der Waals surface area contributed by atoms with Crippen molar-refractivity contribution in [2.45, 2.75) is 58.1 Å². The molecule has 0 spiro atoms. The molecule has 1 amide bonds. The molecule has 3 N–H and O–H groups in total. The summed E-state index contributed by atoms with van der Waals surface area (Å²) in [6.45, 7) is 9.97. The molecule has 7 heteroatoms. The van der Waals surface area contributed by atoms with Crippen LogP contribution in [0.2, 0.25) is 0 Å². The van der Waals surface area contributed by atoms with Gasteiger partial charge < -0.3 is 25.1 Å². The second-order valence-electron chi connectivity index (χ2n) is 9.86. The third-order valence-corrected chi connectivity index (χ3v) is 7.10. The van der Waals surface area contributed by atoms with Crippen molar-refractivity contribution >= 4 is 17.4 Å². The fraction of sp³-hybridized carbons (Fsp3) is 0.448. The van der Waals surface area contributed by atoms with E-state index in [1.807, 2.05) is 31.2 Å². The van der Waals surface area contributed by atoms with E-state index in [2.05, 4.69) is 40.2 Å². The number of nitrogens with zero attached hydrogens (tertiary/aromatic N) is 2. The molecular formula is C29H36N4O3. The standard InChI is InChI=1S/C29H36N4O3/c1-5-31-27(30)25-20(2)33(29(3)15-16-29)24(8-6-7-21-13-17-36-18-14-21)26(25)28(34)32-23-11-9-22(10-12-23)19-35-4/h5,9-12,21H,1,7,13-19H2,2-4H3,(H2,30,31)(H,32,34). The van der Waals surface area contributed by atoms with Crippen LogP contribution in [0.25, 0.3) is 0 Å². The number of hydrogen-bond donors (Lipinski definition) is 2. The first-order valence-electron chi connectivity index (χ1n) is 12.5. The van der Waals surface area contributed by atoms with Crippen molar-refractivity contribution in [3.8, 4) is 11.8 Å². The minimum Gasteiger partial charge on any atom is -0.383 e. The highest BCUT2D eigenvalue weighted by atomic mass is 16.5. The Morgan fingerprint density at radius 1 is 1.31 bits per heavy atom. The Balaban J connectivity index is 1.76. The second-order valence-corrected chi connectivity index (χ2v) is 9.86. The highest BCUT2D eigenvalue weighted by molar-refractivity contribution is 6.15. The summed E-state index contributed by atoms with van der Waals surface area (Å²) in [5.41, 5.74) is 10.7. The van der Waals surface area contributed by atoms with Gasteiger partial charge in [-0.2, -0.15) is 0 Å². The normalized spacial score (nSPS) is 17.2. The number of carbonyl (C=O) groups excluding carboxylic acids is 1. The van der Waals surface area contributed by atoms with Gasteiger partial charge >= 0.3 is 0 Å². The maximum atomic E-state index is 13.8. The first-order valence-corrected chi connectivity index (χ1v) is 12.5. The molecule has 1 aliphatic heterocycles. The lowest BCUT2D eigenvalue weighted by molar-refractivity contribution is 0.0678. The van der Waals surface area contributed by atoms with Crippen LogP contribution in [0.3, 0.4) is 0 Å². The number of methoxy groups -OCH3 is 1. The predicted molar refractivity (Wildman–Crippen MR) is 143 cm³/mol. The number of amidine groups is 1. The van der Waals surface area contributed by atoms with Gasteiger partial charge in [0.25, 0.3) is 5.91 Å². The number of aromatic nitrogens is 1. The average molecular weight is 489 g/mol. The monoisotopic (exact) mass is 488 g/mol. The quantitative estimate of drug-likeness (QED) is 0.320. The van der Waals surface area contributed by atoms with Crippen molar-refractivity contribution in [1.82, 2.24) is 4.57 Å². The first kappa shape index (κ1) is 25.7. The number of benzene rings is 1. The van der Waals surface area contributed by atoms with Crippen LogP contribution < -0.4 is 11.1 Å². The largest absolute Gasteiger partial charge is 0.383 e. The maximum Gasteiger partial charge on any atom is 0.259 e. The molecule has 2 heterocycles. The number of aliphatic imine (C=N–C) groups is 1. The van der Waals surface area contributed by atoms with Gasteiger partial charge in [-0.05, 0) is 69.1 Å². The number of rotatable bonds is 8. The molecule has 7 nitrogen and oxygen atoms in total. The van der Waals surface area contributed by atoms with Crippen LogP contribution >= 0.6 is 0 Å². The van der Waals surface area contributed by atoms with E-state index >= 15 is 0 Å². The van der Waals surface area contributed by atoms with E-state index in [1.54, 1.807) is 7.11 Å². The molecule has 0 radical (unpaired) electrons. The van der Waals surface area contributed by atoms with E-state index in [1.165, 1.54) is 6.20 Å². The highest BCUT2D eigenvalue weighted by Gasteiger charge is 2.44. The molecule has 1 aromatic carbocycles. The van der Waals surface area contributed by atoms with Crippen LogP contribution in [0.4, 0.5) is 5.69 Å². The Morgan fingerprint density at radius 3 is 2.61 bits per heavy atom. The van der Waals surface area contributed by atoms with Crippen LogP contribution in [0, 0.1) is 24.7 Å². The van der Waals surface area contributed by atoms with Gasteiger partial charge in [0.15, 0.2) is 0 Å². The predicted octanol–water partition coefficient (Wildman–Crippen LogP) is 4.72. The minimum absolute atomic E-state index is 0.0870. The number of hydrogen-bond acceptors (Lipinski definition) is 4. The zero-order chi connectivity index (χ0) is 25.7. The summed E-state index contributed by atoms with van der Waals surface area (Å²) in [7, 11) is 1.66. The molecule has 1 aromatic heterocycles. The van der Waals surface area contributed by atoms with Crippen molar-refractivity contribution in [3.63, 3.8) is 0 Å². The summed E-state index contributed by atoms with van der Waals surface area (Å²) in [6.07, 6.45) is 6.26. The van der Waals surface area contributed by atoms with Gasteiger partial charge in [0.2, 0.25) is 0 Å². The fourth-order valence-electron chi connectivity index (χ4n) is 4.86. The lowest BCUT2D eigenvalue weighted by Gasteiger charge is -2.19. The van der Waals surface area contributed by atoms with E-state index in [0.717, 1.165) is 56.6 Å². The second kappa shape index (κ2) is 11.2. The molecule has 0 unspecified atom stereocenters. The molecular weight excluding hydrogens is 452 g/mol. The Kier molecular flexibility index (Phi) is 7.97. The van der Waals surface area contributed by atoms with Crippen LogP contribution in [0.1, 0.15) is 71.9 Å². The molecule has 4 rings (SSSR count). The van der Waals surface area contributed by atoms with E-state index in [-0.39, 0.29) is 17.3 Å². The number of amides is 1. The summed E-state index contributed by atoms with van der Waals surface area (Å²) in [5, 5.41) is 3.04. The van der Waals surface area contributed by atoms with Gasteiger partial charge in [0.05, 0.1) is 17.7 Å². The molecule has 0 atom stereocenters. The summed E-state index contributed by atoms with van der Waals surface area (Å²) >= 11 is 0. The fourth-order valence-corrected chi connectivity index (χ4v) is 4.86. The van der Waals surface area contributed by atoms with Crippen LogP contribution in [0.5, 0.6) is 0 Å². The average Bonchev–Trinajstić information content (AvgIpc) is 3.53. The summed E-state index contributed by atoms with van der Waals surface area (Å²) < 4.78 is 12.9. The number of ether oxygens (including phenoxy) is 2. The van der Waals surface area contributed by atoms with E-state index in [4.69, 9.17) is 15.2 Å². The van der Waals surface area contributed by atoms with Gasteiger partial charge in [-0.15, -0.1) is 0 Å². The van der Waals surface area contributed by atoms with Gasteiger partial charge in [0.1, 0.15) is 11.5 Å². The molecule has 1 saturated heterocycles. The Morgan fingerprint density at radius 2 is 2.00 bits per heavy atom. The lowest BCUT2D eigenvalue weighted by atomic mass is 9.97. The number of nitrogens with one attached hydrogen (secondary N) is 1.